The average molecular weight is 256 g/mol. The number of rotatable bonds is 3. The minimum absolute atomic E-state index is 0. The highest BCUT2D eigenvalue weighted by Crippen LogP contribution is 2.06. The van der Waals surface area contributed by atoms with E-state index in [1.165, 1.54) is 0 Å². The Morgan fingerprint density at radius 3 is 2.65 bits per heavy atom. The summed E-state index contributed by atoms with van der Waals surface area (Å²) in [4.78, 5) is 22.5. The van der Waals surface area contributed by atoms with Crippen molar-refractivity contribution in [2.24, 2.45) is 0 Å². The van der Waals surface area contributed by atoms with Gasteiger partial charge in [-0.2, -0.15) is 0 Å². The summed E-state index contributed by atoms with van der Waals surface area (Å²) in [6, 6.07) is 9.00. The number of Topliss-reactive ketones (excluding diaryl/α,β-unsaturated/α-hetero) is 1. The van der Waals surface area contributed by atoms with E-state index in [1.54, 1.807) is 0 Å². The van der Waals surface area contributed by atoms with Crippen LogP contribution < -0.4 is 5.32 Å². The molecule has 1 saturated heterocycles. The van der Waals surface area contributed by atoms with Crippen molar-refractivity contribution in [1.29, 1.82) is 0 Å². The third-order valence-corrected chi connectivity index (χ3v) is 2.49. The first-order valence-corrected chi connectivity index (χ1v) is 5.21. The van der Waals surface area contributed by atoms with Crippen LogP contribution in [0.4, 0.5) is 0 Å². The van der Waals surface area contributed by atoms with Gasteiger partial charge in [-0.3, -0.25) is 14.9 Å². The second-order valence-electron chi connectivity index (χ2n) is 3.77. The zero-order valence-electron chi connectivity index (χ0n) is 9.22. The Morgan fingerprint density at radius 2 is 2.06 bits per heavy atom. The van der Waals surface area contributed by atoms with Gasteiger partial charge in [-0.1, -0.05) is 30.3 Å². The number of halogens is 1. The van der Waals surface area contributed by atoms with Gasteiger partial charge in [0.05, 0.1) is 6.54 Å². The summed E-state index contributed by atoms with van der Waals surface area (Å²) >= 11 is 0. The van der Waals surface area contributed by atoms with Crippen molar-refractivity contribution in [3.05, 3.63) is 35.9 Å². The molecular weight excluding hydrogens is 242 g/mol. The summed E-state index contributed by atoms with van der Waals surface area (Å²) in [5.41, 5.74) is 0.945. The van der Waals surface area contributed by atoms with Crippen molar-refractivity contribution < 1.29 is 14.3 Å². The molecular formula is C12H14ClNO3. The summed E-state index contributed by atoms with van der Waals surface area (Å²) in [6.07, 6.45) is 0.244. The van der Waals surface area contributed by atoms with Crippen molar-refractivity contribution in [3.8, 4) is 0 Å². The number of hydrogen-bond acceptors (Lipinski definition) is 4. The van der Waals surface area contributed by atoms with Gasteiger partial charge >= 0.3 is 5.97 Å². The Labute approximate surface area is 106 Å². The lowest BCUT2D eigenvalue weighted by molar-refractivity contribution is -0.147. The molecule has 0 saturated carbocycles. The maximum absolute atomic E-state index is 11.5. The van der Waals surface area contributed by atoms with Crippen molar-refractivity contribution in [3.63, 3.8) is 0 Å². The zero-order valence-corrected chi connectivity index (χ0v) is 10.0. The molecule has 1 heterocycles. The van der Waals surface area contributed by atoms with Crippen LogP contribution in [0.25, 0.3) is 0 Å². The van der Waals surface area contributed by atoms with E-state index in [9.17, 15) is 9.59 Å². The first-order valence-electron chi connectivity index (χ1n) is 5.21. The number of esters is 1. The second-order valence-corrected chi connectivity index (χ2v) is 3.77. The molecule has 1 N–H and O–H groups in total. The number of hydrogen-bond donors (Lipinski definition) is 1. The molecule has 0 unspecified atom stereocenters. The fraction of sp³-hybridized carbons (Fsp3) is 0.333. The average Bonchev–Trinajstić information content (AvgIpc) is 2.74. The fourth-order valence-electron chi connectivity index (χ4n) is 1.61. The van der Waals surface area contributed by atoms with Crippen LogP contribution in [0.1, 0.15) is 12.0 Å². The van der Waals surface area contributed by atoms with Crippen LogP contribution in [0.3, 0.4) is 0 Å². The molecule has 4 nitrogen and oxygen atoms in total. The summed E-state index contributed by atoms with van der Waals surface area (Å²) in [7, 11) is 0. The highest BCUT2D eigenvalue weighted by atomic mass is 35.5. The Kier molecular flexibility index (Phi) is 5.12. The van der Waals surface area contributed by atoms with Gasteiger partial charge in [-0.15, -0.1) is 12.4 Å². The number of benzene rings is 1. The van der Waals surface area contributed by atoms with Gasteiger partial charge < -0.3 is 4.74 Å². The molecule has 0 aromatic heterocycles. The van der Waals surface area contributed by atoms with E-state index in [0.717, 1.165) is 5.56 Å². The van der Waals surface area contributed by atoms with Gasteiger partial charge in [0.1, 0.15) is 18.4 Å². The smallest absolute Gasteiger partial charge is 0.323 e. The van der Waals surface area contributed by atoms with Gasteiger partial charge in [0.15, 0.2) is 0 Å². The van der Waals surface area contributed by atoms with Crippen molar-refractivity contribution >= 4 is 24.2 Å². The van der Waals surface area contributed by atoms with Gasteiger partial charge in [0.25, 0.3) is 0 Å². The molecule has 1 atom stereocenters. The van der Waals surface area contributed by atoms with E-state index in [4.69, 9.17) is 4.74 Å². The molecule has 0 bridgehead atoms. The Balaban J connectivity index is 0.00000144. The third-order valence-electron chi connectivity index (χ3n) is 2.49. The molecule has 0 spiro atoms. The maximum Gasteiger partial charge on any atom is 0.323 e. The van der Waals surface area contributed by atoms with Crippen molar-refractivity contribution in [1.82, 2.24) is 5.32 Å². The predicted molar refractivity (Wildman–Crippen MR) is 64.9 cm³/mol. The molecule has 0 radical (unpaired) electrons. The molecule has 2 rings (SSSR count). The first-order chi connectivity index (χ1) is 7.75. The molecule has 17 heavy (non-hydrogen) atoms. The highest BCUT2D eigenvalue weighted by molar-refractivity contribution is 5.91. The number of ketones is 1. The largest absolute Gasteiger partial charge is 0.460 e. The van der Waals surface area contributed by atoms with Crippen LogP contribution in [0.2, 0.25) is 0 Å². The number of carbonyl (C=O) groups is 2. The lowest BCUT2D eigenvalue weighted by atomic mass is 10.2. The molecule has 5 heteroatoms. The summed E-state index contributed by atoms with van der Waals surface area (Å²) in [6.45, 7) is 0.525. The van der Waals surface area contributed by atoms with E-state index in [2.05, 4.69) is 5.32 Å². The predicted octanol–water partition coefficient (Wildman–Crippen LogP) is 1.08. The number of carbonyl (C=O) groups excluding carboxylic acids is 2. The summed E-state index contributed by atoms with van der Waals surface area (Å²) in [5, 5.41) is 2.82. The summed E-state index contributed by atoms with van der Waals surface area (Å²) in [5.74, 6) is -0.295. The molecule has 92 valence electrons. The fourth-order valence-corrected chi connectivity index (χ4v) is 1.61. The third kappa shape index (κ3) is 3.84. The van der Waals surface area contributed by atoms with Gasteiger partial charge in [-0.25, -0.2) is 0 Å². The second kappa shape index (κ2) is 6.37. The Morgan fingerprint density at radius 1 is 1.35 bits per heavy atom. The van der Waals surface area contributed by atoms with Crippen LogP contribution in [-0.4, -0.2) is 24.3 Å². The molecule has 1 aromatic rings. The zero-order chi connectivity index (χ0) is 11.4. The van der Waals surface area contributed by atoms with E-state index in [1.807, 2.05) is 30.3 Å². The number of ether oxygens (including phenoxy) is 1. The van der Waals surface area contributed by atoms with Gasteiger partial charge in [0.2, 0.25) is 0 Å². The van der Waals surface area contributed by atoms with E-state index < -0.39 is 6.04 Å². The SMILES string of the molecule is Cl.O=C1CN[C@H](C(=O)OCc2ccccc2)C1. The topological polar surface area (TPSA) is 55.4 Å². The Hall–Kier alpha value is -1.39. The minimum atomic E-state index is -0.462. The lowest BCUT2D eigenvalue weighted by Gasteiger charge is -2.09. The molecule has 0 amide bonds. The van der Waals surface area contributed by atoms with Crippen LogP contribution >= 0.6 is 12.4 Å². The minimum Gasteiger partial charge on any atom is -0.460 e. The van der Waals surface area contributed by atoms with Crippen molar-refractivity contribution in [2.45, 2.75) is 19.1 Å². The number of nitrogens with one attached hydrogen (secondary N) is 1. The lowest BCUT2D eigenvalue weighted by Crippen LogP contribution is -2.32. The van der Waals surface area contributed by atoms with Gasteiger partial charge in [-0.05, 0) is 5.56 Å². The van der Waals surface area contributed by atoms with Gasteiger partial charge in [0, 0.05) is 6.42 Å². The van der Waals surface area contributed by atoms with Crippen LogP contribution in [0, 0.1) is 0 Å². The normalized spacial score (nSPS) is 18.6. The highest BCUT2D eigenvalue weighted by Gasteiger charge is 2.28. The van der Waals surface area contributed by atoms with Crippen molar-refractivity contribution in [2.75, 3.05) is 6.54 Å². The molecule has 1 aromatic carbocycles. The van der Waals surface area contributed by atoms with Crippen LogP contribution in [0.15, 0.2) is 30.3 Å². The van der Waals surface area contributed by atoms with E-state index in [-0.39, 0.29) is 43.7 Å². The molecule has 0 aliphatic carbocycles. The monoisotopic (exact) mass is 255 g/mol. The van der Waals surface area contributed by atoms with E-state index >= 15 is 0 Å². The Bertz CT molecular complexity index is 394. The molecule has 1 aliphatic rings. The van der Waals surface area contributed by atoms with Crippen LogP contribution in [0.5, 0.6) is 0 Å². The molecule has 1 aliphatic heterocycles. The van der Waals surface area contributed by atoms with E-state index in [0.29, 0.717) is 0 Å². The quantitative estimate of drug-likeness (QED) is 0.822. The standard InChI is InChI=1S/C12H13NO3.ClH/c14-10-6-11(13-7-10)12(15)16-8-9-4-2-1-3-5-9;/h1-5,11,13H,6-8H2;1H/t11-;/m0./s1. The summed E-state index contributed by atoms with van der Waals surface area (Å²) < 4.78 is 5.11. The maximum atomic E-state index is 11.5. The molecule has 1 fully saturated rings. The first kappa shape index (κ1) is 13.7. The van der Waals surface area contributed by atoms with Crippen LogP contribution in [-0.2, 0) is 20.9 Å².